The monoisotopic (exact) mass is 385 g/mol. The smallest absolute Gasteiger partial charge is 0.265 e. The molecular weight excluding hydrogens is 373 g/mol. The molecule has 0 saturated heterocycles. The summed E-state index contributed by atoms with van der Waals surface area (Å²) in [5, 5.41) is 3.12. The molecule has 6 heteroatoms. The lowest BCUT2D eigenvalue weighted by atomic mass is 10.2. The number of carbonyl (C=O) groups excluding carboxylic acids is 1. The average molecular weight is 387 g/mol. The topological polar surface area (TPSA) is 38.3 Å². The van der Waals surface area contributed by atoms with E-state index in [0.29, 0.717) is 15.2 Å². The van der Waals surface area contributed by atoms with Crippen LogP contribution in [0.15, 0.2) is 40.9 Å². The Morgan fingerprint density at radius 3 is 2.68 bits per heavy atom. The molecule has 0 aliphatic rings. The second-order valence-electron chi connectivity index (χ2n) is 4.78. The van der Waals surface area contributed by atoms with Gasteiger partial charge in [-0.05, 0) is 55.8 Å². The molecule has 0 aromatic heterocycles. The van der Waals surface area contributed by atoms with E-state index in [0.717, 1.165) is 5.56 Å². The highest BCUT2D eigenvalue weighted by Gasteiger charge is 2.17. The average Bonchev–Trinajstić information content (AvgIpc) is 2.45. The molecule has 0 unspecified atom stereocenters. The number of nitrogens with one attached hydrogen (secondary N) is 1. The van der Waals surface area contributed by atoms with E-state index in [9.17, 15) is 9.18 Å². The molecule has 116 valence electrons. The van der Waals surface area contributed by atoms with Crippen LogP contribution < -0.4 is 10.1 Å². The molecule has 22 heavy (non-hydrogen) atoms. The van der Waals surface area contributed by atoms with Crippen LogP contribution in [0.1, 0.15) is 12.5 Å². The van der Waals surface area contributed by atoms with Gasteiger partial charge in [-0.25, -0.2) is 4.39 Å². The first-order chi connectivity index (χ1) is 10.4. The van der Waals surface area contributed by atoms with Crippen molar-refractivity contribution in [2.75, 3.05) is 5.32 Å². The van der Waals surface area contributed by atoms with Crippen molar-refractivity contribution in [1.82, 2.24) is 0 Å². The maximum atomic E-state index is 13.7. The largest absolute Gasteiger partial charge is 0.481 e. The van der Waals surface area contributed by atoms with Crippen LogP contribution in [0.25, 0.3) is 0 Å². The van der Waals surface area contributed by atoms with E-state index in [2.05, 4.69) is 21.2 Å². The first kappa shape index (κ1) is 16.8. The van der Waals surface area contributed by atoms with Gasteiger partial charge in [-0.2, -0.15) is 0 Å². The minimum absolute atomic E-state index is 0.107. The Balaban J connectivity index is 2.04. The normalized spacial score (nSPS) is 11.9. The van der Waals surface area contributed by atoms with E-state index in [4.69, 9.17) is 16.3 Å². The van der Waals surface area contributed by atoms with E-state index in [1.807, 2.05) is 6.92 Å². The summed E-state index contributed by atoms with van der Waals surface area (Å²) < 4.78 is 19.8. The van der Waals surface area contributed by atoms with Gasteiger partial charge in [0.05, 0.1) is 5.69 Å². The highest BCUT2D eigenvalue weighted by molar-refractivity contribution is 9.10. The second kappa shape index (κ2) is 7.11. The lowest BCUT2D eigenvalue weighted by molar-refractivity contribution is -0.122. The lowest BCUT2D eigenvalue weighted by Crippen LogP contribution is -2.30. The number of amides is 1. The fourth-order valence-electron chi connectivity index (χ4n) is 1.77. The molecule has 0 heterocycles. The zero-order chi connectivity index (χ0) is 16.3. The van der Waals surface area contributed by atoms with Crippen molar-refractivity contribution in [3.8, 4) is 5.75 Å². The Morgan fingerprint density at radius 1 is 1.32 bits per heavy atom. The molecule has 0 spiro atoms. The van der Waals surface area contributed by atoms with E-state index in [1.165, 1.54) is 12.1 Å². The van der Waals surface area contributed by atoms with Crippen molar-refractivity contribution < 1.29 is 13.9 Å². The zero-order valence-electron chi connectivity index (χ0n) is 12.0. The zero-order valence-corrected chi connectivity index (χ0v) is 14.3. The summed E-state index contributed by atoms with van der Waals surface area (Å²) in [5.41, 5.74) is 0.960. The van der Waals surface area contributed by atoms with Gasteiger partial charge >= 0.3 is 0 Å². The summed E-state index contributed by atoms with van der Waals surface area (Å²) in [5.74, 6) is -0.424. The Bertz CT molecular complexity index is 709. The molecule has 1 atom stereocenters. The quantitative estimate of drug-likeness (QED) is 0.807. The van der Waals surface area contributed by atoms with Gasteiger partial charge < -0.3 is 10.1 Å². The number of hydrogen-bond acceptors (Lipinski definition) is 2. The SMILES string of the molecule is Cc1cc(O[C@H](C)C(=O)Nc2ccc(Br)cc2F)ccc1Cl. The Morgan fingerprint density at radius 2 is 2.05 bits per heavy atom. The van der Waals surface area contributed by atoms with E-state index in [-0.39, 0.29) is 5.69 Å². The van der Waals surface area contributed by atoms with Crippen LogP contribution in [-0.2, 0) is 4.79 Å². The van der Waals surface area contributed by atoms with E-state index >= 15 is 0 Å². The summed E-state index contributed by atoms with van der Waals surface area (Å²) in [6.07, 6.45) is -0.774. The minimum atomic E-state index is -0.774. The molecule has 3 nitrogen and oxygen atoms in total. The number of carbonyl (C=O) groups is 1. The van der Waals surface area contributed by atoms with Gasteiger partial charge in [-0.15, -0.1) is 0 Å². The number of ether oxygens (including phenoxy) is 1. The van der Waals surface area contributed by atoms with Crippen molar-refractivity contribution in [2.45, 2.75) is 20.0 Å². The van der Waals surface area contributed by atoms with Crippen LogP contribution in [0.5, 0.6) is 5.75 Å². The molecule has 0 radical (unpaired) electrons. The molecule has 1 amide bonds. The number of rotatable bonds is 4. The van der Waals surface area contributed by atoms with Crippen LogP contribution in [0.4, 0.5) is 10.1 Å². The fourth-order valence-corrected chi connectivity index (χ4v) is 2.22. The van der Waals surface area contributed by atoms with Crippen molar-refractivity contribution in [3.63, 3.8) is 0 Å². The predicted molar refractivity (Wildman–Crippen MR) is 89.0 cm³/mol. The third kappa shape index (κ3) is 4.21. The molecular formula is C16H14BrClFNO2. The van der Waals surface area contributed by atoms with Gasteiger partial charge in [0.1, 0.15) is 11.6 Å². The Hall–Kier alpha value is -1.59. The summed E-state index contributed by atoms with van der Waals surface area (Å²) in [6.45, 7) is 3.44. The van der Waals surface area contributed by atoms with E-state index in [1.54, 1.807) is 31.2 Å². The molecule has 0 fully saturated rings. The second-order valence-corrected chi connectivity index (χ2v) is 6.11. The number of benzene rings is 2. The fraction of sp³-hybridized carbons (Fsp3) is 0.188. The lowest BCUT2D eigenvalue weighted by Gasteiger charge is -2.15. The number of aryl methyl sites for hydroxylation is 1. The van der Waals surface area contributed by atoms with Crippen LogP contribution in [0.3, 0.4) is 0 Å². The summed E-state index contributed by atoms with van der Waals surface area (Å²) in [7, 11) is 0. The highest BCUT2D eigenvalue weighted by atomic mass is 79.9. The van der Waals surface area contributed by atoms with Crippen molar-refractivity contribution >= 4 is 39.1 Å². The Kier molecular flexibility index (Phi) is 5.42. The van der Waals surface area contributed by atoms with Crippen molar-refractivity contribution in [2.24, 2.45) is 0 Å². The Labute approximate surface area is 141 Å². The first-order valence-electron chi connectivity index (χ1n) is 6.55. The van der Waals surface area contributed by atoms with Gasteiger partial charge in [-0.3, -0.25) is 4.79 Å². The van der Waals surface area contributed by atoms with E-state index < -0.39 is 17.8 Å². The van der Waals surface area contributed by atoms with Crippen molar-refractivity contribution in [1.29, 1.82) is 0 Å². The van der Waals surface area contributed by atoms with Crippen molar-refractivity contribution in [3.05, 3.63) is 57.3 Å². The van der Waals surface area contributed by atoms with Gasteiger partial charge in [0.2, 0.25) is 0 Å². The van der Waals surface area contributed by atoms with Gasteiger partial charge in [0.25, 0.3) is 5.91 Å². The highest BCUT2D eigenvalue weighted by Crippen LogP contribution is 2.23. The van der Waals surface area contributed by atoms with Gasteiger partial charge in [-0.1, -0.05) is 27.5 Å². The summed E-state index contributed by atoms with van der Waals surface area (Å²) in [4.78, 5) is 12.1. The van der Waals surface area contributed by atoms with Gasteiger partial charge in [0.15, 0.2) is 6.10 Å². The molecule has 0 aliphatic heterocycles. The van der Waals surface area contributed by atoms with Crippen LogP contribution >= 0.6 is 27.5 Å². The molecule has 2 aromatic rings. The minimum Gasteiger partial charge on any atom is -0.481 e. The standard InChI is InChI=1S/C16H14BrClFNO2/c1-9-7-12(4-5-13(9)18)22-10(2)16(21)20-15-6-3-11(17)8-14(15)19/h3-8,10H,1-2H3,(H,20,21)/t10-/m1/s1. The maximum absolute atomic E-state index is 13.7. The van der Waals surface area contributed by atoms with Gasteiger partial charge in [0, 0.05) is 9.50 Å². The number of anilines is 1. The molecule has 1 N–H and O–H groups in total. The molecule has 0 saturated carbocycles. The van der Waals surface area contributed by atoms with Crippen LogP contribution in [0.2, 0.25) is 5.02 Å². The predicted octanol–water partition coefficient (Wildman–Crippen LogP) is 4.96. The summed E-state index contributed by atoms with van der Waals surface area (Å²) >= 11 is 9.10. The molecule has 2 rings (SSSR count). The van der Waals surface area contributed by atoms with Crippen LogP contribution in [-0.4, -0.2) is 12.0 Å². The summed E-state index contributed by atoms with van der Waals surface area (Å²) in [6, 6.07) is 9.53. The number of hydrogen-bond donors (Lipinski definition) is 1. The molecule has 0 bridgehead atoms. The third-order valence-corrected chi connectivity index (χ3v) is 3.92. The first-order valence-corrected chi connectivity index (χ1v) is 7.72. The molecule has 0 aliphatic carbocycles. The third-order valence-electron chi connectivity index (χ3n) is 3.00. The molecule has 2 aromatic carbocycles. The number of halogens is 3. The maximum Gasteiger partial charge on any atom is 0.265 e. The van der Waals surface area contributed by atoms with Crippen LogP contribution in [0, 0.1) is 12.7 Å².